The first-order valence-corrected chi connectivity index (χ1v) is 7.57. The minimum Gasteiger partial charge on any atom is -0.497 e. The number of amides is 1. The zero-order chi connectivity index (χ0) is 18.1. The zero-order valence-electron chi connectivity index (χ0n) is 14.4. The number of methoxy groups -OCH3 is 2. The molecule has 130 valence electrons. The number of ether oxygens (including phenoxy) is 2. The molecule has 0 spiro atoms. The molecule has 7 heteroatoms. The Kier molecular flexibility index (Phi) is 4.22. The number of aromatic nitrogens is 1. The number of hydrogen-bond acceptors (Lipinski definition) is 5. The summed E-state index contributed by atoms with van der Waals surface area (Å²) in [5.41, 5.74) is 2.86. The molecule has 1 heterocycles. The summed E-state index contributed by atoms with van der Waals surface area (Å²) in [5.74, 6) is 0.284. The normalized spacial score (nSPS) is 10.7. The third kappa shape index (κ3) is 3.08. The largest absolute Gasteiger partial charge is 0.497 e. The van der Waals surface area contributed by atoms with E-state index in [-0.39, 0.29) is 5.91 Å². The first-order chi connectivity index (χ1) is 11.9. The Balaban J connectivity index is 1.98. The lowest BCUT2D eigenvalue weighted by molar-refractivity contribution is 0.102. The predicted molar refractivity (Wildman–Crippen MR) is 93.7 cm³/mol. The van der Waals surface area contributed by atoms with Crippen LogP contribution >= 0.6 is 0 Å². The summed E-state index contributed by atoms with van der Waals surface area (Å²) in [5, 5.41) is 2.85. The molecule has 3 aromatic rings. The van der Waals surface area contributed by atoms with Crippen molar-refractivity contribution in [3.63, 3.8) is 0 Å². The standard InChI is InChI=1S/C18H18N2O5/c1-10-5-16-15(20(2)18(22)25-16)9-14(10)19-17(21)11-6-12(23-3)8-13(7-11)24-4/h5-9H,1-4H3,(H,19,21). The van der Waals surface area contributed by atoms with Crippen LogP contribution in [0.4, 0.5) is 5.69 Å². The highest BCUT2D eigenvalue weighted by atomic mass is 16.5. The molecule has 0 saturated carbocycles. The number of oxazole rings is 1. The van der Waals surface area contributed by atoms with Gasteiger partial charge in [0.2, 0.25) is 0 Å². The van der Waals surface area contributed by atoms with Crippen molar-refractivity contribution >= 4 is 22.7 Å². The second-order valence-electron chi connectivity index (χ2n) is 5.62. The molecule has 1 aromatic heterocycles. The zero-order valence-corrected chi connectivity index (χ0v) is 14.4. The summed E-state index contributed by atoms with van der Waals surface area (Å²) in [6, 6.07) is 8.37. The summed E-state index contributed by atoms with van der Waals surface area (Å²) in [6.45, 7) is 1.83. The van der Waals surface area contributed by atoms with Crippen molar-refractivity contribution in [3.05, 3.63) is 52.0 Å². The predicted octanol–water partition coefficient (Wildman–Crippen LogP) is 2.71. The summed E-state index contributed by atoms with van der Waals surface area (Å²) in [4.78, 5) is 24.2. The molecule has 2 aromatic carbocycles. The van der Waals surface area contributed by atoms with Crippen molar-refractivity contribution in [3.8, 4) is 11.5 Å². The Hall–Kier alpha value is -3.22. The van der Waals surface area contributed by atoms with E-state index in [0.717, 1.165) is 5.56 Å². The van der Waals surface area contributed by atoms with Crippen LogP contribution in [0, 0.1) is 6.92 Å². The van der Waals surface area contributed by atoms with Gasteiger partial charge in [-0.3, -0.25) is 9.36 Å². The van der Waals surface area contributed by atoms with E-state index in [2.05, 4.69) is 5.32 Å². The second kappa shape index (κ2) is 6.35. The molecule has 0 aliphatic rings. The van der Waals surface area contributed by atoms with Gasteiger partial charge in [0.15, 0.2) is 5.58 Å². The third-order valence-electron chi connectivity index (χ3n) is 4.00. The van der Waals surface area contributed by atoms with E-state index in [9.17, 15) is 9.59 Å². The van der Waals surface area contributed by atoms with Crippen LogP contribution in [-0.2, 0) is 7.05 Å². The smallest absolute Gasteiger partial charge is 0.419 e. The fraction of sp³-hybridized carbons (Fsp3) is 0.222. The number of benzene rings is 2. The minimum absolute atomic E-state index is 0.312. The van der Waals surface area contributed by atoms with Gasteiger partial charge in [-0.05, 0) is 36.8 Å². The van der Waals surface area contributed by atoms with Crippen LogP contribution in [0.3, 0.4) is 0 Å². The maximum atomic E-state index is 12.6. The number of aryl methyl sites for hydroxylation is 2. The maximum Gasteiger partial charge on any atom is 0.419 e. The van der Waals surface area contributed by atoms with Gasteiger partial charge in [-0.2, -0.15) is 0 Å². The number of fused-ring (bicyclic) bond motifs is 1. The highest BCUT2D eigenvalue weighted by molar-refractivity contribution is 6.06. The fourth-order valence-corrected chi connectivity index (χ4v) is 2.54. The summed E-state index contributed by atoms with van der Waals surface area (Å²) < 4.78 is 16.9. The highest BCUT2D eigenvalue weighted by Gasteiger charge is 2.14. The molecule has 25 heavy (non-hydrogen) atoms. The average Bonchev–Trinajstić information content (AvgIpc) is 2.88. The van der Waals surface area contributed by atoms with Crippen molar-refractivity contribution < 1.29 is 18.7 Å². The van der Waals surface area contributed by atoms with E-state index in [4.69, 9.17) is 13.9 Å². The van der Waals surface area contributed by atoms with E-state index < -0.39 is 5.76 Å². The van der Waals surface area contributed by atoms with Crippen LogP contribution in [0.25, 0.3) is 11.1 Å². The number of hydrogen-bond donors (Lipinski definition) is 1. The van der Waals surface area contributed by atoms with E-state index >= 15 is 0 Å². The van der Waals surface area contributed by atoms with E-state index in [1.54, 1.807) is 37.4 Å². The fourth-order valence-electron chi connectivity index (χ4n) is 2.54. The van der Waals surface area contributed by atoms with E-state index in [1.165, 1.54) is 18.8 Å². The Labute approximate surface area is 143 Å². The molecule has 1 amide bonds. The molecule has 0 unspecified atom stereocenters. The molecule has 0 aliphatic heterocycles. The molecule has 7 nitrogen and oxygen atoms in total. The second-order valence-corrected chi connectivity index (χ2v) is 5.62. The van der Waals surface area contributed by atoms with Crippen LogP contribution in [0.1, 0.15) is 15.9 Å². The van der Waals surface area contributed by atoms with Crippen LogP contribution in [0.15, 0.2) is 39.5 Å². The quantitative estimate of drug-likeness (QED) is 0.788. The lowest BCUT2D eigenvalue weighted by Crippen LogP contribution is -2.13. The van der Waals surface area contributed by atoms with Gasteiger partial charge < -0.3 is 19.2 Å². The minimum atomic E-state index is -0.449. The molecule has 0 aliphatic carbocycles. The van der Waals surface area contributed by atoms with Gasteiger partial charge in [-0.1, -0.05) is 0 Å². The monoisotopic (exact) mass is 342 g/mol. The van der Waals surface area contributed by atoms with Crippen LogP contribution in [-0.4, -0.2) is 24.7 Å². The van der Waals surface area contributed by atoms with Gasteiger partial charge in [0.25, 0.3) is 5.91 Å². The number of carbonyl (C=O) groups is 1. The summed E-state index contributed by atoms with van der Waals surface area (Å²) in [6.07, 6.45) is 0. The molecule has 0 bridgehead atoms. The molecule has 0 saturated heterocycles. The van der Waals surface area contributed by atoms with Gasteiger partial charge >= 0.3 is 5.76 Å². The highest BCUT2D eigenvalue weighted by Crippen LogP contribution is 2.26. The third-order valence-corrected chi connectivity index (χ3v) is 4.00. The first kappa shape index (κ1) is 16.6. The molecule has 0 atom stereocenters. The van der Waals surface area contributed by atoms with Crippen molar-refractivity contribution in [2.24, 2.45) is 7.05 Å². The Morgan fingerprint density at radius 2 is 1.72 bits per heavy atom. The Morgan fingerprint density at radius 3 is 2.32 bits per heavy atom. The molecule has 1 N–H and O–H groups in total. The number of nitrogens with zero attached hydrogens (tertiary/aromatic N) is 1. The lowest BCUT2D eigenvalue weighted by Gasteiger charge is -2.11. The van der Waals surface area contributed by atoms with Crippen LogP contribution in [0.5, 0.6) is 11.5 Å². The number of nitrogens with one attached hydrogen (secondary N) is 1. The van der Waals surface area contributed by atoms with Gasteiger partial charge in [0, 0.05) is 24.4 Å². The number of anilines is 1. The van der Waals surface area contributed by atoms with Crippen LogP contribution in [0.2, 0.25) is 0 Å². The van der Waals surface area contributed by atoms with Crippen molar-refractivity contribution in [2.45, 2.75) is 6.92 Å². The van der Waals surface area contributed by atoms with Gasteiger partial charge in [-0.25, -0.2) is 4.79 Å². The van der Waals surface area contributed by atoms with Crippen LogP contribution < -0.4 is 20.5 Å². The van der Waals surface area contributed by atoms with Gasteiger partial charge in [0.05, 0.1) is 19.7 Å². The van der Waals surface area contributed by atoms with Gasteiger partial charge in [-0.15, -0.1) is 0 Å². The van der Waals surface area contributed by atoms with Crippen molar-refractivity contribution in [2.75, 3.05) is 19.5 Å². The molecular formula is C18H18N2O5. The molecule has 3 rings (SSSR count). The maximum absolute atomic E-state index is 12.6. The molecule has 0 fully saturated rings. The Morgan fingerprint density at radius 1 is 1.08 bits per heavy atom. The van der Waals surface area contributed by atoms with E-state index in [1.807, 2.05) is 6.92 Å². The Bertz CT molecular complexity index is 994. The summed E-state index contributed by atoms with van der Waals surface area (Å²) >= 11 is 0. The number of carbonyl (C=O) groups excluding carboxylic acids is 1. The van der Waals surface area contributed by atoms with Gasteiger partial charge in [0.1, 0.15) is 11.5 Å². The summed E-state index contributed by atoms with van der Waals surface area (Å²) in [7, 11) is 4.66. The average molecular weight is 342 g/mol. The molecular weight excluding hydrogens is 324 g/mol. The van der Waals surface area contributed by atoms with E-state index in [0.29, 0.717) is 33.8 Å². The first-order valence-electron chi connectivity index (χ1n) is 7.57. The lowest BCUT2D eigenvalue weighted by atomic mass is 10.1. The SMILES string of the molecule is COc1cc(OC)cc(C(=O)Nc2cc3c(cc2C)oc(=O)n3C)c1. The van der Waals surface area contributed by atoms with Crippen molar-refractivity contribution in [1.82, 2.24) is 4.57 Å². The topological polar surface area (TPSA) is 82.7 Å². The number of rotatable bonds is 4. The van der Waals surface area contributed by atoms with Crippen molar-refractivity contribution in [1.29, 1.82) is 0 Å². The molecule has 0 radical (unpaired) electrons.